The van der Waals surface area contributed by atoms with E-state index >= 15 is 0 Å². The number of nitrogens with one attached hydrogen (secondary N) is 1. The Kier molecular flexibility index (Phi) is 6.27. The highest BCUT2D eigenvalue weighted by atomic mass is 19.1. The van der Waals surface area contributed by atoms with Crippen molar-refractivity contribution in [2.24, 2.45) is 17.8 Å². The van der Waals surface area contributed by atoms with Crippen molar-refractivity contribution < 1.29 is 18.4 Å². The predicted molar refractivity (Wildman–Crippen MR) is 108 cm³/mol. The smallest absolute Gasteiger partial charge is 0.239 e. The molecule has 0 radical (unpaired) electrons. The molecule has 2 fully saturated rings. The first-order chi connectivity index (χ1) is 13.6. The fourth-order valence-electron chi connectivity index (χ4n) is 4.57. The number of hydrogen-bond donors (Lipinski definition) is 1. The molecule has 0 saturated carbocycles. The van der Waals surface area contributed by atoms with Crippen LogP contribution in [0.25, 0.3) is 0 Å². The number of likely N-dealkylation sites (tertiary alicyclic amines) is 1. The Labute approximate surface area is 171 Å². The van der Waals surface area contributed by atoms with Gasteiger partial charge in [0, 0.05) is 43.5 Å². The fourth-order valence-corrected chi connectivity index (χ4v) is 4.57. The summed E-state index contributed by atoms with van der Waals surface area (Å²) >= 11 is 0. The van der Waals surface area contributed by atoms with E-state index in [1.807, 2.05) is 0 Å². The maximum atomic E-state index is 13.5. The molecule has 0 spiro atoms. The van der Waals surface area contributed by atoms with Gasteiger partial charge in [0.1, 0.15) is 17.6 Å². The third kappa shape index (κ3) is 4.94. The molecule has 5 nitrogen and oxygen atoms in total. The first kappa shape index (κ1) is 21.7. The molecule has 1 N–H and O–H groups in total. The van der Waals surface area contributed by atoms with Crippen LogP contribution in [0.2, 0.25) is 0 Å². The summed E-state index contributed by atoms with van der Waals surface area (Å²) in [6.45, 7) is 11.4. The van der Waals surface area contributed by atoms with E-state index in [0.717, 1.165) is 31.3 Å². The number of carbonyl (C=O) groups excluding carboxylic acids is 2. The van der Waals surface area contributed by atoms with E-state index in [1.165, 1.54) is 11.3 Å². The van der Waals surface area contributed by atoms with Crippen LogP contribution in [0.1, 0.15) is 40.5 Å². The number of piperidine rings is 1. The molecule has 3 atom stereocenters. The molecule has 0 aromatic heterocycles. The van der Waals surface area contributed by atoms with Gasteiger partial charge >= 0.3 is 0 Å². The van der Waals surface area contributed by atoms with Crippen LogP contribution < -0.4 is 10.2 Å². The zero-order valence-corrected chi connectivity index (χ0v) is 17.7. The van der Waals surface area contributed by atoms with E-state index in [0.29, 0.717) is 24.8 Å². The Morgan fingerprint density at radius 3 is 2.31 bits per heavy atom. The molecule has 3 unspecified atom stereocenters. The topological polar surface area (TPSA) is 52.7 Å². The highest BCUT2D eigenvalue weighted by molar-refractivity contribution is 6.09. The normalized spacial score (nSPS) is 26.1. The summed E-state index contributed by atoms with van der Waals surface area (Å²) in [6.07, 6.45) is 1.55. The summed E-state index contributed by atoms with van der Waals surface area (Å²) < 4.78 is 27.0. The van der Waals surface area contributed by atoms with Gasteiger partial charge in [0.05, 0.1) is 0 Å². The lowest BCUT2D eigenvalue weighted by Gasteiger charge is -2.45. The van der Waals surface area contributed by atoms with Crippen molar-refractivity contribution in [1.82, 2.24) is 10.2 Å². The molecule has 1 aromatic carbocycles. The minimum Gasteiger partial charge on any atom is -0.354 e. The molecule has 2 aliphatic heterocycles. The zero-order valence-electron chi connectivity index (χ0n) is 17.7. The van der Waals surface area contributed by atoms with Crippen LogP contribution in [-0.4, -0.2) is 48.4 Å². The van der Waals surface area contributed by atoms with Crippen LogP contribution in [0.5, 0.6) is 0 Å². The number of halogens is 2. The van der Waals surface area contributed by atoms with Gasteiger partial charge in [-0.05, 0) is 50.7 Å². The van der Waals surface area contributed by atoms with Crippen LogP contribution in [0.15, 0.2) is 18.2 Å². The Morgan fingerprint density at radius 2 is 1.72 bits per heavy atom. The van der Waals surface area contributed by atoms with E-state index in [1.54, 1.807) is 0 Å². The van der Waals surface area contributed by atoms with Gasteiger partial charge in [-0.2, -0.15) is 0 Å². The molecule has 2 aliphatic rings. The van der Waals surface area contributed by atoms with Crippen molar-refractivity contribution in [3.63, 3.8) is 0 Å². The minimum atomic E-state index is -0.823. The van der Waals surface area contributed by atoms with Gasteiger partial charge in [-0.3, -0.25) is 14.5 Å². The molecular weight excluding hydrogens is 376 g/mol. The molecular formula is C22H31F2N3O2. The Morgan fingerprint density at radius 1 is 1.14 bits per heavy atom. The summed E-state index contributed by atoms with van der Waals surface area (Å²) in [5, 5.41) is 2.94. The Bertz CT molecular complexity index is 753. The van der Waals surface area contributed by atoms with E-state index in [-0.39, 0.29) is 23.7 Å². The Balaban J connectivity index is 1.60. The second kappa shape index (κ2) is 8.38. The number of amides is 2. The second-order valence-corrected chi connectivity index (χ2v) is 9.34. The number of carbonyl (C=O) groups is 2. The van der Waals surface area contributed by atoms with Crippen LogP contribution in [0.3, 0.4) is 0 Å². The highest BCUT2D eigenvalue weighted by Gasteiger charge is 2.39. The Hall–Kier alpha value is -2.02. The summed E-state index contributed by atoms with van der Waals surface area (Å²) in [4.78, 5) is 29.1. The summed E-state index contributed by atoms with van der Waals surface area (Å²) in [7, 11) is 0. The van der Waals surface area contributed by atoms with Crippen molar-refractivity contribution in [3.05, 3.63) is 29.8 Å². The van der Waals surface area contributed by atoms with Crippen molar-refractivity contribution in [3.8, 4) is 0 Å². The molecule has 3 rings (SSSR count). The fraction of sp³-hybridized carbons (Fsp3) is 0.636. The van der Waals surface area contributed by atoms with Gasteiger partial charge in [-0.25, -0.2) is 8.78 Å². The minimum absolute atomic E-state index is 0.152. The monoisotopic (exact) mass is 407 g/mol. The number of hydrogen-bond acceptors (Lipinski definition) is 3. The molecule has 2 heterocycles. The highest BCUT2D eigenvalue weighted by Crippen LogP contribution is 2.29. The lowest BCUT2D eigenvalue weighted by atomic mass is 9.88. The van der Waals surface area contributed by atoms with Gasteiger partial charge in [0.2, 0.25) is 11.8 Å². The zero-order chi connectivity index (χ0) is 21.3. The van der Waals surface area contributed by atoms with Gasteiger partial charge in [-0.15, -0.1) is 0 Å². The molecule has 1 aromatic rings. The van der Waals surface area contributed by atoms with Crippen LogP contribution in [0.4, 0.5) is 14.5 Å². The lowest BCUT2D eigenvalue weighted by Crippen LogP contribution is -2.56. The summed E-state index contributed by atoms with van der Waals surface area (Å²) in [6, 6.07) is 2.99. The molecule has 29 heavy (non-hydrogen) atoms. The SMILES string of the molecule is CC1CC(C)CN(C(C)(C)CNC(=O)C2CCN(c3cc(F)cc(F)c3)C2=O)C1. The average molecular weight is 408 g/mol. The first-order valence-electron chi connectivity index (χ1n) is 10.4. The summed E-state index contributed by atoms with van der Waals surface area (Å²) in [5.74, 6) is -1.81. The summed E-state index contributed by atoms with van der Waals surface area (Å²) in [5.41, 5.74) is -0.0644. The maximum Gasteiger partial charge on any atom is 0.239 e. The van der Waals surface area contributed by atoms with Gasteiger partial charge in [0.15, 0.2) is 0 Å². The van der Waals surface area contributed by atoms with Crippen LogP contribution in [-0.2, 0) is 9.59 Å². The number of anilines is 1. The van der Waals surface area contributed by atoms with Gasteiger partial charge in [-0.1, -0.05) is 13.8 Å². The standard InChI is InChI=1S/C22H31F2N3O2/c1-14-7-15(2)12-26(11-14)22(3,4)13-25-20(28)19-5-6-27(21(19)29)18-9-16(23)8-17(24)10-18/h8-10,14-15,19H,5-7,11-13H2,1-4H3,(H,25,28). The third-order valence-corrected chi connectivity index (χ3v) is 6.10. The van der Waals surface area contributed by atoms with E-state index in [4.69, 9.17) is 0 Å². The van der Waals surface area contributed by atoms with Gasteiger partial charge in [0.25, 0.3) is 0 Å². The first-order valence-corrected chi connectivity index (χ1v) is 10.4. The van der Waals surface area contributed by atoms with Crippen molar-refractivity contribution >= 4 is 17.5 Å². The quantitative estimate of drug-likeness (QED) is 0.763. The maximum absolute atomic E-state index is 13.5. The number of benzene rings is 1. The van der Waals surface area contributed by atoms with E-state index in [2.05, 4.69) is 37.9 Å². The number of nitrogens with zero attached hydrogens (tertiary/aromatic N) is 2. The van der Waals surface area contributed by atoms with Crippen LogP contribution in [0, 0.1) is 29.4 Å². The largest absolute Gasteiger partial charge is 0.354 e. The van der Waals surface area contributed by atoms with Crippen LogP contribution >= 0.6 is 0 Å². The van der Waals surface area contributed by atoms with Crippen molar-refractivity contribution in [2.45, 2.75) is 46.1 Å². The molecule has 2 saturated heterocycles. The van der Waals surface area contributed by atoms with E-state index in [9.17, 15) is 18.4 Å². The third-order valence-electron chi connectivity index (χ3n) is 6.10. The molecule has 2 amide bonds. The van der Waals surface area contributed by atoms with Crippen molar-refractivity contribution in [1.29, 1.82) is 0 Å². The predicted octanol–water partition coefficient (Wildman–Crippen LogP) is 3.19. The lowest BCUT2D eigenvalue weighted by molar-refractivity contribution is -0.132. The number of rotatable bonds is 5. The molecule has 7 heteroatoms. The van der Waals surface area contributed by atoms with E-state index < -0.39 is 23.5 Å². The average Bonchev–Trinajstić information content (AvgIpc) is 2.99. The molecule has 160 valence electrons. The molecule has 0 bridgehead atoms. The second-order valence-electron chi connectivity index (χ2n) is 9.34. The van der Waals surface area contributed by atoms with Gasteiger partial charge < -0.3 is 10.2 Å². The molecule has 0 aliphatic carbocycles. The van der Waals surface area contributed by atoms with Crippen molar-refractivity contribution in [2.75, 3.05) is 31.1 Å².